The second-order valence-electron chi connectivity index (χ2n) is 3.50. The van der Waals surface area contributed by atoms with Crippen LogP contribution in [0.15, 0.2) is 18.2 Å². The van der Waals surface area contributed by atoms with Gasteiger partial charge in [-0.2, -0.15) is 0 Å². The Hall–Kier alpha value is -2.15. The van der Waals surface area contributed by atoms with Gasteiger partial charge in [-0.1, -0.05) is 0 Å². The van der Waals surface area contributed by atoms with E-state index in [1.165, 1.54) is 13.2 Å². The number of primary amides is 1. The van der Waals surface area contributed by atoms with Crippen molar-refractivity contribution < 1.29 is 23.8 Å². The highest BCUT2D eigenvalue weighted by molar-refractivity contribution is 5.98. The molecule has 0 saturated carbocycles. The number of aliphatic carboxylic acids is 1. The van der Waals surface area contributed by atoms with E-state index in [-0.39, 0.29) is 17.8 Å². The highest BCUT2D eigenvalue weighted by atomic mass is 19.1. The molecule has 0 fully saturated rings. The summed E-state index contributed by atoms with van der Waals surface area (Å²) in [5, 5.41) is 11.4. The molecule has 0 aliphatic rings. The number of methoxy groups -OCH3 is 1. The number of amides is 1. The Labute approximate surface area is 103 Å². The Morgan fingerprint density at radius 2 is 2.22 bits per heavy atom. The van der Waals surface area contributed by atoms with Gasteiger partial charge in [0.05, 0.1) is 12.1 Å². The summed E-state index contributed by atoms with van der Waals surface area (Å²) in [6.07, 6.45) is -1.07. The summed E-state index contributed by atoms with van der Waals surface area (Å²) in [5.74, 6) is -2.55. The number of hydrogen-bond donors (Lipinski definition) is 3. The zero-order chi connectivity index (χ0) is 13.7. The summed E-state index contributed by atoms with van der Waals surface area (Å²) in [6.45, 7) is -0.0717. The zero-order valence-electron chi connectivity index (χ0n) is 9.64. The molecule has 0 saturated heterocycles. The molecule has 0 aliphatic heterocycles. The quantitative estimate of drug-likeness (QED) is 0.685. The van der Waals surface area contributed by atoms with Gasteiger partial charge in [0.15, 0.2) is 6.10 Å². The normalized spacial score (nSPS) is 11.9. The average molecular weight is 256 g/mol. The highest BCUT2D eigenvalue weighted by Gasteiger charge is 2.17. The lowest BCUT2D eigenvalue weighted by atomic mass is 10.1. The second kappa shape index (κ2) is 5.97. The molecule has 0 spiro atoms. The zero-order valence-corrected chi connectivity index (χ0v) is 9.64. The van der Waals surface area contributed by atoms with E-state index in [0.717, 1.165) is 12.1 Å². The van der Waals surface area contributed by atoms with Crippen LogP contribution in [0.2, 0.25) is 0 Å². The number of carbonyl (C=O) groups is 2. The number of carboxylic acids is 1. The third-order valence-corrected chi connectivity index (χ3v) is 2.28. The molecule has 6 nitrogen and oxygen atoms in total. The fraction of sp³-hybridized carbons (Fsp3) is 0.273. The number of carboxylic acid groups (broad SMARTS) is 1. The van der Waals surface area contributed by atoms with E-state index in [2.05, 4.69) is 5.32 Å². The maximum Gasteiger partial charge on any atom is 0.334 e. The molecule has 0 aromatic heterocycles. The first-order valence-corrected chi connectivity index (χ1v) is 5.04. The first kappa shape index (κ1) is 13.9. The first-order chi connectivity index (χ1) is 8.45. The van der Waals surface area contributed by atoms with Crippen molar-refractivity contribution in [1.82, 2.24) is 0 Å². The third kappa shape index (κ3) is 3.42. The van der Waals surface area contributed by atoms with Crippen LogP contribution in [0.1, 0.15) is 10.4 Å². The van der Waals surface area contributed by atoms with Crippen LogP contribution in [0.5, 0.6) is 0 Å². The van der Waals surface area contributed by atoms with Gasteiger partial charge in [0, 0.05) is 12.8 Å². The number of rotatable bonds is 6. The van der Waals surface area contributed by atoms with Crippen LogP contribution in [0.3, 0.4) is 0 Å². The van der Waals surface area contributed by atoms with Gasteiger partial charge in [0.1, 0.15) is 5.82 Å². The van der Waals surface area contributed by atoms with Crippen molar-refractivity contribution in [3.05, 3.63) is 29.6 Å². The molecule has 0 radical (unpaired) electrons. The molecule has 1 unspecified atom stereocenters. The van der Waals surface area contributed by atoms with Gasteiger partial charge in [-0.25, -0.2) is 9.18 Å². The van der Waals surface area contributed by atoms with Crippen molar-refractivity contribution in [2.75, 3.05) is 19.0 Å². The number of benzene rings is 1. The molecule has 1 aromatic rings. The Balaban J connectivity index is 2.84. The maximum atomic E-state index is 12.9. The summed E-state index contributed by atoms with van der Waals surface area (Å²) in [4.78, 5) is 21.8. The predicted octanol–water partition coefficient (Wildman–Crippen LogP) is 0.436. The van der Waals surface area contributed by atoms with Crippen molar-refractivity contribution in [2.45, 2.75) is 6.10 Å². The molecular formula is C11H13FN2O4. The van der Waals surface area contributed by atoms with Crippen molar-refractivity contribution >= 4 is 17.6 Å². The Kier molecular flexibility index (Phi) is 4.61. The molecular weight excluding hydrogens is 243 g/mol. The lowest BCUT2D eigenvalue weighted by Crippen LogP contribution is -2.31. The SMILES string of the molecule is COC(CNc1ccc(F)cc1C(N)=O)C(=O)O. The van der Waals surface area contributed by atoms with Crippen LogP contribution in [0.4, 0.5) is 10.1 Å². The fourth-order valence-electron chi connectivity index (χ4n) is 1.35. The molecule has 4 N–H and O–H groups in total. The maximum absolute atomic E-state index is 12.9. The minimum atomic E-state index is -1.15. The number of nitrogens with two attached hydrogens (primary N) is 1. The smallest absolute Gasteiger partial charge is 0.334 e. The Morgan fingerprint density at radius 3 is 2.72 bits per heavy atom. The van der Waals surface area contributed by atoms with E-state index < -0.39 is 23.8 Å². The summed E-state index contributed by atoms with van der Waals surface area (Å²) in [5.41, 5.74) is 5.30. The van der Waals surface area contributed by atoms with Crippen molar-refractivity contribution in [1.29, 1.82) is 0 Å². The predicted molar refractivity (Wildman–Crippen MR) is 61.8 cm³/mol. The van der Waals surface area contributed by atoms with Gasteiger partial charge in [0.2, 0.25) is 0 Å². The second-order valence-corrected chi connectivity index (χ2v) is 3.50. The Morgan fingerprint density at radius 1 is 1.56 bits per heavy atom. The van der Waals surface area contributed by atoms with Gasteiger partial charge in [-0.3, -0.25) is 4.79 Å². The van der Waals surface area contributed by atoms with E-state index in [4.69, 9.17) is 15.6 Å². The van der Waals surface area contributed by atoms with Crippen molar-refractivity contribution in [3.8, 4) is 0 Å². The number of carbonyl (C=O) groups excluding carboxylic acids is 1. The van der Waals surface area contributed by atoms with Gasteiger partial charge in [-0.15, -0.1) is 0 Å². The first-order valence-electron chi connectivity index (χ1n) is 5.04. The minimum Gasteiger partial charge on any atom is -0.479 e. The van der Waals surface area contributed by atoms with Crippen LogP contribution in [-0.2, 0) is 9.53 Å². The number of hydrogen-bond acceptors (Lipinski definition) is 4. The summed E-state index contributed by atoms with van der Waals surface area (Å²) < 4.78 is 17.7. The summed E-state index contributed by atoms with van der Waals surface area (Å²) >= 11 is 0. The lowest BCUT2D eigenvalue weighted by molar-refractivity contribution is -0.147. The molecule has 18 heavy (non-hydrogen) atoms. The number of anilines is 1. The van der Waals surface area contributed by atoms with Crippen LogP contribution in [-0.4, -0.2) is 36.7 Å². The standard InChI is InChI=1S/C11H13FN2O4/c1-18-9(11(16)17)5-14-8-3-2-6(12)4-7(8)10(13)15/h2-4,9,14H,5H2,1H3,(H2,13,15)(H,16,17). The molecule has 98 valence electrons. The van der Waals surface area contributed by atoms with Crippen LogP contribution >= 0.6 is 0 Å². The van der Waals surface area contributed by atoms with E-state index in [0.29, 0.717) is 0 Å². The minimum absolute atomic E-state index is 0.0461. The molecule has 0 aliphatic carbocycles. The molecule has 0 bridgehead atoms. The fourth-order valence-corrected chi connectivity index (χ4v) is 1.35. The largest absolute Gasteiger partial charge is 0.479 e. The molecule has 0 heterocycles. The van der Waals surface area contributed by atoms with Crippen molar-refractivity contribution in [3.63, 3.8) is 0 Å². The lowest BCUT2D eigenvalue weighted by Gasteiger charge is -2.14. The topological polar surface area (TPSA) is 102 Å². The van der Waals surface area contributed by atoms with Gasteiger partial charge < -0.3 is 20.9 Å². The third-order valence-electron chi connectivity index (χ3n) is 2.28. The molecule has 1 rings (SSSR count). The van der Waals surface area contributed by atoms with Gasteiger partial charge >= 0.3 is 5.97 Å². The highest BCUT2D eigenvalue weighted by Crippen LogP contribution is 2.16. The number of halogens is 1. The number of ether oxygens (including phenoxy) is 1. The summed E-state index contributed by atoms with van der Waals surface area (Å²) in [7, 11) is 1.25. The number of nitrogens with one attached hydrogen (secondary N) is 1. The van der Waals surface area contributed by atoms with Crippen molar-refractivity contribution in [2.24, 2.45) is 5.73 Å². The van der Waals surface area contributed by atoms with Crippen LogP contribution in [0, 0.1) is 5.82 Å². The van der Waals surface area contributed by atoms with E-state index in [9.17, 15) is 14.0 Å². The summed E-state index contributed by atoms with van der Waals surface area (Å²) in [6, 6.07) is 3.43. The Bertz CT molecular complexity index is 464. The van der Waals surface area contributed by atoms with E-state index in [1.807, 2.05) is 0 Å². The van der Waals surface area contributed by atoms with E-state index >= 15 is 0 Å². The molecule has 1 aromatic carbocycles. The van der Waals surface area contributed by atoms with Gasteiger partial charge in [0.25, 0.3) is 5.91 Å². The van der Waals surface area contributed by atoms with Crippen LogP contribution in [0.25, 0.3) is 0 Å². The monoisotopic (exact) mass is 256 g/mol. The molecule has 1 amide bonds. The molecule has 7 heteroatoms. The van der Waals surface area contributed by atoms with Gasteiger partial charge in [-0.05, 0) is 18.2 Å². The average Bonchev–Trinajstić information content (AvgIpc) is 2.30. The van der Waals surface area contributed by atoms with Crippen LogP contribution < -0.4 is 11.1 Å². The molecule has 1 atom stereocenters. The van der Waals surface area contributed by atoms with E-state index in [1.54, 1.807) is 0 Å².